The maximum atomic E-state index is 11.3. The Labute approximate surface area is 89.5 Å². The molecule has 0 aromatic heterocycles. The van der Waals surface area contributed by atoms with Crippen molar-refractivity contribution in [2.75, 3.05) is 6.61 Å². The first-order valence-corrected chi connectivity index (χ1v) is 5.09. The van der Waals surface area contributed by atoms with E-state index in [1.54, 1.807) is 0 Å². The van der Waals surface area contributed by atoms with Crippen molar-refractivity contribution in [1.29, 1.82) is 0 Å². The number of carboxylic acid groups (broad SMARTS) is 1. The van der Waals surface area contributed by atoms with Crippen molar-refractivity contribution in [2.24, 2.45) is 5.92 Å². The predicted octanol–water partition coefficient (Wildman–Crippen LogP) is 0.374. The van der Waals surface area contributed by atoms with Gasteiger partial charge in [-0.2, -0.15) is 0 Å². The summed E-state index contributed by atoms with van der Waals surface area (Å²) < 4.78 is 0. The molecule has 0 aromatic carbocycles. The van der Waals surface area contributed by atoms with Gasteiger partial charge < -0.3 is 15.5 Å². The van der Waals surface area contributed by atoms with Gasteiger partial charge in [-0.1, -0.05) is 13.8 Å². The Morgan fingerprint density at radius 1 is 1.27 bits per heavy atom. The number of carbonyl (C=O) groups is 2. The van der Waals surface area contributed by atoms with Crippen molar-refractivity contribution in [3.8, 4) is 0 Å². The Hall–Kier alpha value is -1.10. The summed E-state index contributed by atoms with van der Waals surface area (Å²) in [4.78, 5) is 21.5. The van der Waals surface area contributed by atoms with E-state index in [0.717, 1.165) is 0 Å². The highest BCUT2D eigenvalue weighted by atomic mass is 16.4. The van der Waals surface area contributed by atoms with Gasteiger partial charge in [0.1, 0.15) is 0 Å². The van der Waals surface area contributed by atoms with E-state index in [2.05, 4.69) is 5.32 Å². The van der Waals surface area contributed by atoms with Crippen LogP contribution in [0.4, 0.5) is 0 Å². The molecule has 5 nitrogen and oxygen atoms in total. The van der Waals surface area contributed by atoms with E-state index < -0.39 is 5.97 Å². The Kier molecular flexibility index (Phi) is 6.70. The van der Waals surface area contributed by atoms with E-state index in [4.69, 9.17) is 10.2 Å². The predicted molar refractivity (Wildman–Crippen MR) is 55.3 cm³/mol. The van der Waals surface area contributed by atoms with Crippen molar-refractivity contribution in [3.05, 3.63) is 0 Å². The molecule has 3 N–H and O–H groups in total. The minimum atomic E-state index is -0.978. The third-order valence-electron chi connectivity index (χ3n) is 2.16. The maximum absolute atomic E-state index is 11.3. The highest BCUT2D eigenvalue weighted by Crippen LogP contribution is 2.06. The first-order chi connectivity index (χ1) is 6.97. The highest BCUT2D eigenvalue weighted by molar-refractivity contribution is 5.80. The monoisotopic (exact) mass is 217 g/mol. The number of carbonyl (C=O) groups excluding carboxylic acids is 1. The van der Waals surface area contributed by atoms with Gasteiger partial charge >= 0.3 is 5.97 Å². The van der Waals surface area contributed by atoms with Crippen LogP contribution in [0.2, 0.25) is 0 Å². The van der Waals surface area contributed by atoms with Crippen LogP contribution in [0.1, 0.15) is 33.1 Å². The first kappa shape index (κ1) is 13.9. The molecule has 88 valence electrons. The lowest BCUT2D eigenvalue weighted by atomic mass is 10.0. The summed E-state index contributed by atoms with van der Waals surface area (Å²) in [6, 6.07) is -0.0868. The molecule has 0 aliphatic rings. The van der Waals surface area contributed by atoms with Crippen molar-refractivity contribution in [1.82, 2.24) is 5.32 Å². The van der Waals surface area contributed by atoms with Crippen LogP contribution in [0.15, 0.2) is 0 Å². The largest absolute Gasteiger partial charge is 0.481 e. The van der Waals surface area contributed by atoms with Gasteiger partial charge in [0.25, 0.3) is 0 Å². The number of hydrogen-bond donors (Lipinski definition) is 3. The van der Waals surface area contributed by atoms with Crippen LogP contribution in [0.25, 0.3) is 0 Å². The number of carboxylic acids is 1. The van der Waals surface area contributed by atoms with E-state index in [1.807, 2.05) is 13.8 Å². The quantitative estimate of drug-likeness (QED) is 0.575. The minimum Gasteiger partial charge on any atom is -0.481 e. The fourth-order valence-corrected chi connectivity index (χ4v) is 1.21. The molecule has 0 fully saturated rings. The molecule has 0 bridgehead atoms. The van der Waals surface area contributed by atoms with Crippen molar-refractivity contribution in [2.45, 2.75) is 39.2 Å². The van der Waals surface area contributed by atoms with Crippen LogP contribution in [0, 0.1) is 5.92 Å². The summed E-state index contributed by atoms with van der Waals surface area (Å²) >= 11 is 0. The molecule has 5 heteroatoms. The summed E-state index contributed by atoms with van der Waals surface area (Å²) in [5.41, 5.74) is 0. The molecule has 0 saturated heterocycles. The summed E-state index contributed by atoms with van der Waals surface area (Å²) in [7, 11) is 0. The average molecular weight is 217 g/mol. The number of hydrogen-bond acceptors (Lipinski definition) is 3. The molecule has 0 spiro atoms. The number of rotatable bonds is 7. The second-order valence-corrected chi connectivity index (χ2v) is 3.82. The molecule has 0 aliphatic heterocycles. The Morgan fingerprint density at radius 2 is 1.87 bits per heavy atom. The number of nitrogens with one attached hydrogen (secondary N) is 1. The van der Waals surface area contributed by atoms with Crippen LogP contribution in [-0.2, 0) is 9.59 Å². The lowest BCUT2D eigenvalue weighted by Gasteiger charge is -2.21. The second kappa shape index (κ2) is 7.23. The first-order valence-electron chi connectivity index (χ1n) is 5.09. The van der Waals surface area contributed by atoms with Crippen LogP contribution in [-0.4, -0.2) is 34.7 Å². The van der Waals surface area contributed by atoms with Gasteiger partial charge in [-0.3, -0.25) is 9.59 Å². The molecule has 15 heavy (non-hydrogen) atoms. The molecule has 1 atom stereocenters. The number of amides is 1. The zero-order chi connectivity index (χ0) is 11.8. The lowest BCUT2D eigenvalue weighted by molar-refractivity contribution is -0.139. The van der Waals surface area contributed by atoms with Crippen LogP contribution in [0.5, 0.6) is 0 Å². The molecule has 0 saturated carbocycles. The molecule has 0 radical (unpaired) electrons. The van der Waals surface area contributed by atoms with Gasteiger partial charge in [-0.05, 0) is 12.3 Å². The second-order valence-electron chi connectivity index (χ2n) is 3.82. The Balaban J connectivity index is 3.94. The molecular formula is C10H19NO4. The van der Waals surface area contributed by atoms with Crippen LogP contribution < -0.4 is 5.32 Å². The SMILES string of the molecule is CC(C)C(CCO)NC(=O)CCC(=O)O. The van der Waals surface area contributed by atoms with Crippen molar-refractivity contribution < 1.29 is 19.8 Å². The van der Waals surface area contributed by atoms with E-state index >= 15 is 0 Å². The number of aliphatic hydroxyl groups excluding tert-OH is 1. The van der Waals surface area contributed by atoms with Gasteiger partial charge in [0, 0.05) is 19.1 Å². The van der Waals surface area contributed by atoms with E-state index in [9.17, 15) is 9.59 Å². The van der Waals surface area contributed by atoms with Gasteiger partial charge in [-0.25, -0.2) is 0 Å². The topological polar surface area (TPSA) is 86.6 Å². The number of aliphatic hydroxyl groups is 1. The molecular weight excluding hydrogens is 198 g/mol. The van der Waals surface area contributed by atoms with Crippen LogP contribution in [0.3, 0.4) is 0 Å². The molecule has 1 amide bonds. The zero-order valence-electron chi connectivity index (χ0n) is 9.19. The maximum Gasteiger partial charge on any atom is 0.303 e. The fraction of sp³-hybridized carbons (Fsp3) is 0.800. The Morgan fingerprint density at radius 3 is 2.27 bits per heavy atom. The average Bonchev–Trinajstić information content (AvgIpc) is 2.14. The van der Waals surface area contributed by atoms with Crippen LogP contribution >= 0.6 is 0 Å². The van der Waals surface area contributed by atoms with E-state index in [-0.39, 0.29) is 37.3 Å². The minimum absolute atomic E-state index is 0.00994. The lowest BCUT2D eigenvalue weighted by Crippen LogP contribution is -2.39. The third-order valence-corrected chi connectivity index (χ3v) is 2.16. The summed E-state index contributed by atoms with van der Waals surface area (Å²) in [6.45, 7) is 3.90. The smallest absolute Gasteiger partial charge is 0.303 e. The van der Waals surface area contributed by atoms with E-state index in [0.29, 0.717) is 6.42 Å². The summed E-state index contributed by atoms with van der Waals surface area (Å²) in [6.07, 6.45) is 0.330. The summed E-state index contributed by atoms with van der Waals surface area (Å²) in [5, 5.41) is 19.9. The van der Waals surface area contributed by atoms with Gasteiger partial charge in [0.05, 0.1) is 6.42 Å². The standard InChI is InChI=1S/C10H19NO4/c1-7(2)8(5-6-12)11-9(13)3-4-10(14)15/h7-8,12H,3-6H2,1-2H3,(H,11,13)(H,14,15). The molecule has 0 aromatic rings. The van der Waals surface area contributed by atoms with Gasteiger partial charge in [0.2, 0.25) is 5.91 Å². The zero-order valence-corrected chi connectivity index (χ0v) is 9.19. The van der Waals surface area contributed by atoms with Crippen molar-refractivity contribution >= 4 is 11.9 Å². The normalized spacial score (nSPS) is 12.5. The highest BCUT2D eigenvalue weighted by Gasteiger charge is 2.15. The van der Waals surface area contributed by atoms with Gasteiger partial charge in [0.15, 0.2) is 0 Å². The van der Waals surface area contributed by atoms with Gasteiger partial charge in [-0.15, -0.1) is 0 Å². The molecule has 0 rings (SSSR count). The third kappa shape index (κ3) is 6.90. The molecule has 0 aliphatic carbocycles. The molecule has 0 heterocycles. The number of aliphatic carboxylic acids is 1. The van der Waals surface area contributed by atoms with Crippen molar-refractivity contribution in [3.63, 3.8) is 0 Å². The van der Waals surface area contributed by atoms with E-state index in [1.165, 1.54) is 0 Å². The molecule has 1 unspecified atom stereocenters. The summed E-state index contributed by atoms with van der Waals surface area (Å²) in [5.74, 6) is -1.02. The fourth-order valence-electron chi connectivity index (χ4n) is 1.21. The Bertz CT molecular complexity index is 215.